The van der Waals surface area contributed by atoms with Gasteiger partial charge in [0.15, 0.2) is 0 Å². The SMILES string of the molecule is O=CCC[C@@H]1CC[C@@H]2CC(c3ccc(OC(F)F)cc3)CC[C@@H]2C1. The maximum Gasteiger partial charge on any atom is 0.387 e. The molecule has 1 aromatic rings. The lowest BCUT2D eigenvalue weighted by Gasteiger charge is -2.42. The van der Waals surface area contributed by atoms with Gasteiger partial charge in [-0.05, 0) is 79.9 Å². The van der Waals surface area contributed by atoms with Crippen LogP contribution in [0.15, 0.2) is 24.3 Å². The van der Waals surface area contributed by atoms with Crippen molar-refractivity contribution >= 4 is 6.29 Å². The molecule has 3 rings (SSSR count). The smallest absolute Gasteiger partial charge is 0.387 e. The van der Waals surface area contributed by atoms with E-state index in [1.54, 1.807) is 12.1 Å². The number of ether oxygens (including phenoxy) is 1. The summed E-state index contributed by atoms with van der Waals surface area (Å²) in [5.41, 5.74) is 1.25. The van der Waals surface area contributed by atoms with E-state index in [2.05, 4.69) is 4.74 Å². The molecule has 0 amide bonds. The minimum atomic E-state index is -2.76. The number of fused-ring (bicyclic) bond motifs is 1. The standard InChI is InChI=1S/C20H26F2O2/c21-20(22)24-19-9-7-15(8-10-19)17-6-5-16-12-14(2-1-11-23)3-4-18(16)13-17/h7-11,14,16-18,20H,1-6,12-13H2/t14-,16-,17?,18-/m1/s1. The number of alkyl halides is 2. The van der Waals surface area contributed by atoms with E-state index in [-0.39, 0.29) is 5.75 Å². The summed E-state index contributed by atoms with van der Waals surface area (Å²) in [7, 11) is 0. The zero-order chi connectivity index (χ0) is 16.9. The third-order valence-electron chi connectivity index (χ3n) is 5.99. The van der Waals surface area contributed by atoms with Gasteiger partial charge in [-0.3, -0.25) is 0 Å². The van der Waals surface area contributed by atoms with Gasteiger partial charge < -0.3 is 9.53 Å². The molecule has 132 valence electrons. The molecule has 2 saturated carbocycles. The van der Waals surface area contributed by atoms with E-state index in [1.165, 1.54) is 44.1 Å². The summed E-state index contributed by atoms with van der Waals surface area (Å²) in [5.74, 6) is 3.11. The molecule has 2 nitrogen and oxygen atoms in total. The van der Waals surface area contributed by atoms with Gasteiger partial charge in [-0.25, -0.2) is 0 Å². The van der Waals surface area contributed by atoms with Crippen LogP contribution in [0.3, 0.4) is 0 Å². The molecule has 0 aliphatic heterocycles. The zero-order valence-electron chi connectivity index (χ0n) is 14.0. The van der Waals surface area contributed by atoms with Crippen LogP contribution in [0.25, 0.3) is 0 Å². The second kappa shape index (κ2) is 8.09. The maximum atomic E-state index is 12.2. The largest absolute Gasteiger partial charge is 0.435 e. The molecule has 0 radical (unpaired) electrons. The minimum absolute atomic E-state index is 0.234. The van der Waals surface area contributed by atoms with Crippen molar-refractivity contribution in [2.75, 3.05) is 0 Å². The summed E-state index contributed by atoms with van der Waals surface area (Å²) in [6, 6.07) is 7.20. The lowest BCUT2D eigenvalue weighted by Crippen LogP contribution is -2.30. The highest BCUT2D eigenvalue weighted by molar-refractivity contribution is 5.49. The Morgan fingerprint density at radius 3 is 2.46 bits per heavy atom. The van der Waals surface area contributed by atoms with E-state index in [1.807, 2.05) is 12.1 Å². The number of carbonyl (C=O) groups excluding carboxylic acids is 1. The van der Waals surface area contributed by atoms with Crippen molar-refractivity contribution in [3.8, 4) is 5.75 Å². The summed E-state index contributed by atoms with van der Waals surface area (Å²) < 4.78 is 28.9. The molecule has 1 aromatic carbocycles. The van der Waals surface area contributed by atoms with Crippen molar-refractivity contribution in [2.45, 2.75) is 63.9 Å². The van der Waals surface area contributed by atoms with Crippen LogP contribution in [0.5, 0.6) is 5.75 Å². The Morgan fingerprint density at radius 1 is 1.04 bits per heavy atom. The van der Waals surface area contributed by atoms with Crippen molar-refractivity contribution in [2.24, 2.45) is 17.8 Å². The molecule has 0 spiro atoms. The van der Waals surface area contributed by atoms with E-state index >= 15 is 0 Å². The molecule has 0 aromatic heterocycles. The second-order valence-electron chi connectivity index (χ2n) is 7.40. The molecule has 4 heteroatoms. The lowest BCUT2D eigenvalue weighted by atomic mass is 9.63. The molecule has 0 saturated heterocycles. The van der Waals surface area contributed by atoms with Gasteiger partial charge in [0.05, 0.1) is 0 Å². The van der Waals surface area contributed by atoms with E-state index in [9.17, 15) is 13.6 Å². The Hall–Kier alpha value is -1.45. The number of aldehydes is 1. The first-order valence-corrected chi connectivity index (χ1v) is 9.14. The molecule has 0 bridgehead atoms. The monoisotopic (exact) mass is 336 g/mol. The van der Waals surface area contributed by atoms with Gasteiger partial charge in [0.25, 0.3) is 0 Å². The predicted octanol–water partition coefficient (Wildman–Crippen LogP) is 5.57. The van der Waals surface area contributed by atoms with Crippen LogP contribution < -0.4 is 4.74 Å². The van der Waals surface area contributed by atoms with E-state index in [0.717, 1.165) is 30.5 Å². The van der Waals surface area contributed by atoms with Crippen molar-refractivity contribution in [1.29, 1.82) is 0 Å². The third kappa shape index (κ3) is 4.34. The first-order valence-electron chi connectivity index (χ1n) is 9.14. The summed E-state index contributed by atoms with van der Waals surface area (Å²) >= 11 is 0. The second-order valence-corrected chi connectivity index (χ2v) is 7.40. The molecule has 2 fully saturated rings. The number of hydrogen-bond acceptors (Lipinski definition) is 2. The summed E-state index contributed by atoms with van der Waals surface area (Å²) in [6.45, 7) is -2.76. The zero-order valence-corrected chi connectivity index (χ0v) is 14.0. The third-order valence-corrected chi connectivity index (χ3v) is 5.99. The van der Waals surface area contributed by atoms with E-state index in [0.29, 0.717) is 12.3 Å². The van der Waals surface area contributed by atoms with Crippen LogP contribution in [0.2, 0.25) is 0 Å². The highest BCUT2D eigenvalue weighted by Crippen LogP contribution is 2.48. The Labute approximate surface area is 142 Å². The number of halogens is 2. The van der Waals surface area contributed by atoms with E-state index < -0.39 is 6.61 Å². The Kier molecular flexibility index (Phi) is 5.85. The summed E-state index contributed by atoms with van der Waals surface area (Å²) in [4.78, 5) is 10.6. The molecular weight excluding hydrogens is 310 g/mol. The number of carbonyl (C=O) groups is 1. The van der Waals surface area contributed by atoms with E-state index in [4.69, 9.17) is 0 Å². The molecule has 2 aliphatic carbocycles. The van der Waals surface area contributed by atoms with Crippen LogP contribution in [0.1, 0.15) is 62.8 Å². The predicted molar refractivity (Wildman–Crippen MR) is 89.3 cm³/mol. The average Bonchev–Trinajstić information content (AvgIpc) is 2.59. The summed E-state index contributed by atoms with van der Waals surface area (Å²) in [6.07, 6.45) is 10.3. The first-order chi connectivity index (χ1) is 11.7. The van der Waals surface area contributed by atoms with Crippen molar-refractivity contribution in [1.82, 2.24) is 0 Å². The van der Waals surface area contributed by atoms with Crippen molar-refractivity contribution in [3.63, 3.8) is 0 Å². The van der Waals surface area contributed by atoms with Crippen LogP contribution in [0, 0.1) is 17.8 Å². The van der Waals surface area contributed by atoms with Gasteiger partial charge in [0.1, 0.15) is 12.0 Å². The van der Waals surface area contributed by atoms with Gasteiger partial charge in [-0.15, -0.1) is 0 Å². The highest BCUT2D eigenvalue weighted by Gasteiger charge is 2.35. The maximum absolute atomic E-state index is 12.2. The van der Waals surface area contributed by atoms with Crippen LogP contribution in [0.4, 0.5) is 8.78 Å². The number of rotatable bonds is 6. The molecule has 4 atom stereocenters. The van der Waals surface area contributed by atoms with Crippen molar-refractivity contribution in [3.05, 3.63) is 29.8 Å². The average molecular weight is 336 g/mol. The lowest BCUT2D eigenvalue weighted by molar-refractivity contribution is -0.108. The van der Waals surface area contributed by atoms with Crippen molar-refractivity contribution < 1.29 is 18.3 Å². The topological polar surface area (TPSA) is 26.3 Å². The highest BCUT2D eigenvalue weighted by atomic mass is 19.3. The Bertz CT molecular complexity index is 529. The van der Waals surface area contributed by atoms with Crippen LogP contribution in [-0.2, 0) is 4.79 Å². The van der Waals surface area contributed by atoms with Crippen LogP contribution in [-0.4, -0.2) is 12.9 Å². The Morgan fingerprint density at radius 2 is 1.75 bits per heavy atom. The normalized spacial score (nSPS) is 30.0. The number of benzene rings is 1. The van der Waals surface area contributed by atoms with Gasteiger partial charge in [-0.1, -0.05) is 18.6 Å². The molecule has 24 heavy (non-hydrogen) atoms. The fourth-order valence-electron chi connectivity index (χ4n) is 4.78. The fourth-order valence-corrected chi connectivity index (χ4v) is 4.78. The van der Waals surface area contributed by atoms with Gasteiger partial charge in [0.2, 0.25) is 0 Å². The molecular formula is C20H26F2O2. The van der Waals surface area contributed by atoms with Gasteiger partial charge in [0, 0.05) is 6.42 Å². The Balaban J connectivity index is 1.55. The molecule has 0 heterocycles. The van der Waals surface area contributed by atoms with Gasteiger partial charge in [-0.2, -0.15) is 8.78 Å². The molecule has 2 aliphatic rings. The molecule has 1 unspecified atom stereocenters. The quantitative estimate of drug-likeness (QED) is 0.635. The van der Waals surface area contributed by atoms with Crippen LogP contribution >= 0.6 is 0 Å². The minimum Gasteiger partial charge on any atom is -0.435 e. The fraction of sp³-hybridized carbons (Fsp3) is 0.650. The molecule has 0 N–H and O–H groups in total. The first kappa shape index (κ1) is 17.4. The summed E-state index contributed by atoms with van der Waals surface area (Å²) in [5, 5.41) is 0. The number of hydrogen-bond donors (Lipinski definition) is 0. The van der Waals surface area contributed by atoms with Gasteiger partial charge >= 0.3 is 6.61 Å².